The van der Waals surface area contributed by atoms with Gasteiger partial charge in [-0.1, -0.05) is 91.0 Å². The van der Waals surface area contributed by atoms with Gasteiger partial charge in [-0.2, -0.15) is 0 Å². The monoisotopic (exact) mass is 658 g/mol. The zero-order chi connectivity index (χ0) is 34.3. The summed E-state index contributed by atoms with van der Waals surface area (Å²) in [6, 6.07) is 45.5. The number of aryl methyl sites for hydroxylation is 2. The van der Waals surface area contributed by atoms with E-state index in [0.29, 0.717) is 34.9 Å². The largest absolute Gasteiger partial charge is 0.309 e. The Morgan fingerprint density at radius 2 is 1.00 bits per heavy atom. The molecule has 0 radical (unpaired) electrons. The van der Waals surface area contributed by atoms with Crippen LogP contribution in [0.5, 0.6) is 0 Å². The molecule has 0 spiro atoms. The van der Waals surface area contributed by atoms with Gasteiger partial charge in [-0.05, 0) is 61.9 Å². The zero-order valence-corrected chi connectivity index (χ0v) is 27.9. The highest BCUT2D eigenvalue weighted by atomic mass is 15.1. The summed E-state index contributed by atoms with van der Waals surface area (Å²) in [5.41, 5.74) is 8.68. The van der Waals surface area contributed by atoms with Crippen LogP contribution in [0.4, 0.5) is 0 Å². The van der Waals surface area contributed by atoms with Gasteiger partial charge in [-0.15, -0.1) is 0 Å². The number of hydrogen-bond acceptors (Lipinski definition) is 7. The molecular weight excluding hydrogens is 629 g/mol. The quantitative estimate of drug-likeness (QED) is 0.176. The molecule has 8 nitrogen and oxygen atoms in total. The van der Waals surface area contributed by atoms with E-state index in [9.17, 15) is 0 Å². The van der Waals surface area contributed by atoms with Crippen LogP contribution in [0, 0.1) is 13.8 Å². The molecule has 0 atom stereocenters. The van der Waals surface area contributed by atoms with E-state index in [1.165, 1.54) is 0 Å². The van der Waals surface area contributed by atoms with Crippen molar-refractivity contribution >= 4 is 21.8 Å². The number of para-hydroxylation sites is 1. The Morgan fingerprint density at radius 1 is 0.412 bits per heavy atom. The smallest absolute Gasteiger partial charge is 0.166 e. The maximum Gasteiger partial charge on any atom is 0.166 e. The summed E-state index contributed by atoms with van der Waals surface area (Å²) in [5, 5.41) is 2.21. The molecule has 0 amide bonds. The fourth-order valence-electron chi connectivity index (χ4n) is 6.67. The van der Waals surface area contributed by atoms with Gasteiger partial charge < -0.3 is 4.57 Å². The van der Waals surface area contributed by atoms with Gasteiger partial charge in [0.05, 0.1) is 16.7 Å². The standard InChI is InChI=1S/C43H30N8/c1-27-45-28(2)47-42(46-27)32-20-22-38-35(25-32)34-17-9-10-18-37(34)51(38)39-21-19-31(33-16-11-23-44-26-33)24-36(39)43-49-40(29-12-5-3-6-13-29)48-41(50-43)30-14-7-4-8-15-30/h3-26H,1-2H3. The van der Waals surface area contributed by atoms with Gasteiger partial charge in [0.2, 0.25) is 0 Å². The first-order valence-corrected chi connectivity index (χ1v) is 16.7. The lowest BCUT2D eigenvalue weighted by atomic mass is 10.0. The maximum absolute atomic E-state index is 5.16. The first kappa shape index (κ1) is 30.2. The molecule has 0 bridgehead atoms. The molecule has 5 aromatic carbocycles. The van der Waals surface area contributed by atoms with Crippen LogP contribution in [0.15, 0.2) is 146 Å². The highest BCUT2D eigenvalue weighted by Crippen LogP contribution is 2.39. The van der Waals surface area contributed by atoms with Gasteiger partial charge in [-0.3, -0.25) is 4.98 Å². The second-order valence-corrected chi connectivity index (χ2v) is 12.3. The van der Waals surface area contributed by atoms with Gasteiger partial charge in [-0.25, -0.2) is 29.9 Å². The summed E-state index contributed by atoms with van der Waals surface area (Å²) in [6.07, 6.45) is 3.67. The van der Waals surface area contributed by atoms with Crippen LogP contribution in [-0.4, -0.2) is 39.5 Å². The van der Waals surface area contributed by atoms with Crippen LogP contribution in [0.2, 0.25) is 0 Å². The van der Waals surface area contributed by atoms with E-state index in [4.69, 9.17) is 15.0 Å². The Morgan fingerprint density at radius 3 is 1.69 bits per heavy atom. The molecule has 0 aliphatic rings. The number of benzene rings is 5. The Labute approximate surface area is 294 Å². The average molecular weight is 659 g/mol. The number of pyridine rings is 1. The lowest BCUT2D eigenvalue weighted by Crippen LogP contribution is -2.04. The Kier molecular flexibility index (Phi) is 7.39. The maximum atomic E-state index is 5.16. The van der Waals surface area contributed by atoms with Crippen LogP contribution >= 0.6 is 0 Å². The van der Waals surface area contributed by atoms with E-state index >= 15 is 0 Å². The molecule has 0 aliphatic heterocycles. The average Bonchev–Trinajstić information content (AvgIpc) is 3.51. The summed E-state index contributed by atoms with van der Waals surface area (Å²) in [4.78, 5) is 33.4. The summed E-state index contributed by atoms with van der Waals surface area (Å²) < 4.78 is 2.30. The van der Waals surface area contributed by atoms with E-state index in [-0.39, 0.29) is 0 Å². The summed E-state index contributed by atoms with van der Waals surface area (Å²) in [5.74, 6) is 3.83. The molecule has 0 aliphatic carbocycles. The predicted molar refractivity (Wildman–Crippen MR) is 202 cm³/mol. The van der Waals surface area contributed by atoms with Crippen molar-refractivity contribution < 1.29 is 0 Å². The molecule has 4 aromatic heterocycles. The van der Waals surface area contributed by atoms with E-state index in [2.05, 4.69) is 91.2 Å². The van der Waals surface area contributed by atoms with Crippen molar-refractivity contribution in [2.24, 2.45) is 0 Å². The highest BCUT2D eigenvalue weighted by molar-refractivity contribution is 6.10. The minimum Gasteiger partial charge on any atom is -0.309 e. The molecule has 4 heterocycles. The third-order valence-corrected chi connectivity index (χ3v) is 8.96. The molecule has 51 heavy (non-hydrogen) atoms. The topological polar surface area (TPSA) is 95.2 Å². The summed E-state index contributed by atoms with van der Waals surface area (Å²) in [6.45, 7) is 3.79. The Bertz CT molecular complexity index is 2630. The van der Waals surface area contributed by atoms with E-state index in [1.54, 1.807) is 6.20 Å². The van der Waals surface area contributed by atoms with Gasteiger partial charge in [0.1, 0.15) is 11.6 Å². The van der Waals surface area contributed by atoms with Crippen molar-refractivity contribution in [1.29, 1.82) is 0 Å². The molecule has 242 valence electrons. The zero-order valence-electron chi connectivity index (χ0n) is 27.9. The predicted octanol–water partition coefficient (Wildman–Crippen LogP) is 9.50. The molecule has 0 N–H and O–H groups in total. The SMILES string of the molecule is Cc1nc(C)nc(-c2ccc3c(c2)c2ccccc2n3-c2ccc(-c3cccnc3)cc2-c2nc(-c3ccccc3)nc(-c3ccccc3)n2)n1. The van der Waals surface area contributed by atoms with Crippen LogP contribution in [0.25, 0.3) is 84.2 Å². The van der Waals surface area contributed by atoms with Gasteiger partial charge in [0.25, 0.3) is 0 Å². The van der Waals surface area contributed by atoms with E-state index < -0.39 is 0 Å². The first-order valence-electron chi connectivity index (χ1n) is 16.7. The minimum absolute atomic E-state index is 0.571. The molecule has 9 rings (SSSR count). The van der Waals surface area contributed by atoms with Crippen molar-refractivity contribution in [3.05, 3.63) is 158 Å². The molecular formula is C43H30N8. The fourth-order valence-corrected chi connectivity index (χ4v) is 6.67. The Balaban J connectivity index is 1.33. The Hall–Kier alpha value is -6.93. The second kappa shape index (κ2) is 12.5. The number of aromatic nitrogens is 8. The third-order valence-electron chi connectivity index (χ3n) is 8.96. The highest BCUT2D eigenvalue weighted by Gasteiger charge is 2.21. The minimum atomic E-state index is 0.571. The second-order valence-electron chi connectivity index (χ2n) is 12.3. The molecule has 0 fully saturated rings. The van der Waals surface area contributed by atoms with Crippen molar-refractivity contribution in [2.45, 2.75) is 13.8 Å². The first-order chi connectivity index (χ1) is 25.1. The fraction of sp³-hybridized carbons (Fsp3) is 0.0465. The van der Waals surface area contributed by atoms with Crippen molar-refractivity contribution in [1.82, 2.24) is 39.5 Å². The van der Waals surface area contributed by atoms with E-state index in [0.717, 1.165) is 60.9 Å². The van der Waals surface area contributed by atoms with E-state index in [1.807, 2.05) is 86.8 Å². The molecule has 8 heteroatoms. The lowest BCUT2D eigenvalue weighted by Gasteiger charge is -2.16. The third kappa shape index (κ3) is 5.58. The summed E-state index contributed by atoms with van der Waals surface area (Å²) >= 11 is 0. The molecule has 0 saturated heterocycles. The number of nitrogens with zero attached hydrogens (tertiary/aromatic N) is 8. The molecule has 9 aromatic rings. The summed E-state index contributed by atoms with van der Waals surface area (Å²) in [7, 11) is 0. The normalized spacial score (nSPS) is 11.3. The van der Waals surface area contributed by atoms with Gasteiger partial charge in [0, 0.05) is 51.0 Å². The number of rotatable bonds is 6. The van der Waals surface area contributed by atoms with Crippen molar-refractivity contribution in [3.8, 4) is 62.4 Å². The molecule has 0 saturated carbocycles. The lowest BCUT2D eigenvalue weighted by molar-refractivity contribution is 0.929. The van der Waals surface area contributed by atoms with Crippen LogP contribution in [0.1, 0.15) is 11.6 Å². The van der Waals surface area contributed by atoms with Gasteiger partial charge in [0.15, 0.2) is 23.3 Å². The van der Waals surface area contributed by atoms with Crippen LogP contribution in [-0.2, 0) is 0 Å². The van der Waals surface area contributed by atoms with Crippen molar-refractivity contribution in [3.63, 3.8) is 0 Å². The number of hydrogen-bond donors (Lipinski definition) is 0. The van der Waals surface area contributed by atoms with Gasteiger partial charge >= 0.3 is 0 Å². The molecule has 0 unspecified atom stereocenters. The van der Waals surface area contributed by atoms with Crippen LogP contribution < -0.4 is 0 Å². The van der Waals surface area contributed by atoms with Crippen LogP contribution in [0.3, 0.4) is 0 Å². The number of fused-ring (bicyclic) bond motifs is 3. The van der Waals surface area contributed by atoms with Crippen molar-refractivity contribution in [2.75, 3.05) is 0 Å².